The molecule has 8 heteroatoms. The monoisotopic (exact) mass is 525 g/mol. The van der Waals surface area contributed by atoms with Crippen molar-refractivity contribution in [2.75, 3.05) is 33.9 Å². The van der Waals surface area contributed by atoms with Crippen LogP contribution in [0.2, 0.25) is 0 Å². The Morgan fingerprint density at radius 1 is 1.03 bits per heavy atom. The molecule has 0 saturated carbocycles. The van der Waals surface area contributed by atoms with E-state index in [9.17, 15) is 10.1 Å². The fourth-order valence-electron chi connectivity index (χ4n) is 4.89. The second-order valence-corrected chi connectivity index (χ2v) is 9.46. The van der Waals surface area contributed by atoms with Crippen LogP contribution in [0.25, 0.3) is 0 Å². The van der Waals surface area contributed by atoms with Gasteiger partial charge in [0.05, 0.1) is 25.9 Å². The number of benzene rings is 3. The first kappa shape index (κ1) is 27.5. The molecule has 0 radical (unpaired) electrons. The summed E-state index contributed by atoms with van der Waals surface area (Å²) in [6.45, 7) is 3.64. The predicted molar refractivity (Wildman–Crippen MR) is 152 cm³/mol. The molecular weight excluding hydrogens is 490 g/mol. The van der Waals surface area contributed by atoms with Gasteiger partial charge in [-0.15, -0.1) is 0 Å². The molecule has 0 aromatic heterocycles. The number of piperazine rings is 1. The molecule has 0 spiro atoms. The van der Waals surface area contributed by atoms with Crippen LogP contribution in [0.15, 0.2) is 77.8 Å². The molecule has 1 amide bonds. The quantitative estimate of drug-likeness (QED) is 0.193. The average Bonchev–Trinajstić information content (AvgIpc) is 2.98. The van der Waals surface area contributed by atoms with Crippen LogP contribution in [0, 0.1) is 18.4 Å². The van der Waals surface area contributed by atoms with Gasteiger partial charge < -0.3 is 19.3 Å². The SMILES string of the molecule is COc1ccc(CCCC(=O)N2CCN(C(=Nc3ccccc3C)NC#N)CC2c2ccccc2)cc1OC. The normalized spacial score (nSPS) is 15.4. The van der Waals surface area contributed by atoms with E-state index in [1.807, 2.05) is 90.8 Å². The maximum Gasteiger partial charge on any atom is 0.223 e. The van der Waals surface area contributed by atoms with Crippen molar-refractivity contribution in [2.24, 2.45) is 4.99 Å². The van der Waals surface area contributed by atoms with E-state index in [4.69, 9.17) is 14.5 Å². The van der Waals surface area contributed by atoms with Crippen LogP contribution in [-0.2, 0) is 11.2 Å². The zero-order chi connectivity index (χ0) is 27.6. The molecule has 1 saturated heterocycles. The van der Waals surface area contributed by atoms with Crippen LogP contribution in [-0.4, -0.2) is 55.5 Å². The van der Waals surface area contributed by atoms with Crippen molar-refractivity contribution in [1.29, 1.82) is 5.26 Å². The zero-order valence-corrected chi connectivity index (χ0v) is 22.8. The largest absolute Gasteiger partial charge is 0.493 e. The first-order valence-electron chi connectivity index (χ1n) is 13.1. The molecule has 1 aliphatic rings. The van der Waals surface area contributed by atoms with E-state index in [1.165, 1.54) is 0 Å². The molecule has 4 rings (SSSR count). The average molecular weight is 526 g/mol. The van der Waals surface area contributed by atoms with Gasteiger partial charge in [0.15, 0.2) is 17.7 Å². The topological polar surface area (TPSA) is 90.2 Å². The van der Waals surface area contributed by atoms with E-state index in [0.717, 1.165) is 35.2 Å². The Bertz CT molecular complexity index is 1340. The van der Waals surface area contributed by atoms with Gasteiger partial charge in [0.2, 0.25) is 11.9 Å². The number of amides is 1. The van der Waals surface area contributed by atoms with Crippen molar-refractivity contribution < 1.29 is 14.3 Å². The molecule has 3 aromatic rings. The van der Waals surface area contributed by atoms with Crippen molar-refractivity contribution in [3.8, 4) is 17.7 Å². The number of nitrogens with one attached hydrogen (secondary N) is 1. The number of methoxy groups -OCH3 is 2. The number of carbonyl (C=O) groups is 1. The fraction of sp³-hybridized carbons (Fsp3) is 0.323. The lowest BCUT2D eigenvalue weighted by Gasteiger charge is -2.42. The molecule has 1 aliphatic heterocycles. The van der Waals surface area contributed by atoms with Crippen molar-refractivity contribution >= 4 is 17.6 Å². The standard InChI is InChI=1S/C31H35N5O3/c1-23-10-7-8-14-26(23)34-31(33-22-32)35-18-19-36(27(21-35)25-12-5-4-6-13-25)30(37)15-9-11-24-16-17-28(38-2)29(20-24)39-3/h4-8,10,12-14,16-17,20,27H,9,11,15,18-19,21H2,1-3H3,(H,33,34). The molecule has 8 nitrogen and oxygen atoms in total. The smallest absolute Gasteiger partial charge is 0.223 e. The van der Waals surface area contributed by atoms with Crippen molar-refractivity contribution in [3.63, 3.8) is 0 Å². The van der Waals surface area contributed by atoms with Crippen molar-refractivity contribution in [3.05, 3.63) is 89.5 Å². The van der Waals surface area contributed by atoms with Gasteiger partial charge in [-0.05, 0) is 54.7 Å². The molecule has 202 valence electrons. The van der Waals surface area contributed by atoms with Crippen LogP contribution in [0.4, 0.5) is 5.69 Å². The molecule has 0 aliphatic carbocycles. The van der Waals surface area contributed by atoms with Crippen LogP contribution in [0.3, 0.4) is 0 Å². The van der Waals surface area contributed by atoms with E-state index in [-0.39, 0.29) is 11.9 Å². The summed E-state index contributed by atoms with van der Waals surface area (Å²) in [4.78, 5) is 22.3. The molecule has 0 bridgehead atoms. The number of hydrogen-bond acceptors (Lipinski definition) is 5. The molecule has 39 heavy (non-hydrogen) atoms. The lowest BCUT2D eigenvalue weighted by Crippen LogP contribution is -2.54. The van der Waals surface area contributed by atoms with Gasteiger partial charge in [0.1, 0.15) is 0 Å². The zero-order valence-electron chi connectivity index (χ0n) is 22.8. The number of ether oxygens (including phenoxy) is 2. The molecule has 1 heterocycles. The summed E-state index contributed by atoms with van der Waals surface area (Å²) in [5.74, 6) is 2.00. The third-order valence-electron chi connectivity index (χ3n) is 7.00. The van der Waals surface area contributed by atoms with E-state index < -0.39 is 0 Å². The summed E-state index contributed by atoms with van der Waals surface area (Å²) in [6, 6.07) is 23.6. The minimum atomic E-state index is -0.156. The van der Waals surface area contributed by atoms with Crippen LogP contribution in [0.1, 0.15) is 35.6 Å². The van der Waals surface area contributed by atoms with Crippen LogP contribution in [0.5, 0.6) is 11.5 Å². The maximum absolute atomic E-state index is 13.5. The Morgan fingerprint density at radius 2 is 1.77 bits per heavy atom. The number of aryl methyl sites for hydroxylation is 2. The van der Waals surface area contributed by atoms with Gasteiger partial charge in [-0.25, -0.2) is 4.99 Å². The molecule has 1 unspecified atom stereocenters. The molecule has 3 aromatic carbocycles. The highest BCUT2D eigenvalue weighted by molar-refractivity contribution is 5.85. The number of guanidine groups is 1. The van der Waals surface area contributed by atoms with Gasteiger partial charge in [-0.3, -0.25) is 10.1 Å². The summed E-state index contributed by atoms with van der Waals surface area (Å²) in [5, 5.41) is 12.2. The van der Waals surface area contributed by atoms with E-state index >= 15 is 0 Å². The first-order valence-corrected chi connectivity index (χ1v) is 13.1. The summed E-state index contributed by atoms with van der Waals surface area (Å²) in [6.07, 6.45) is 3.97. The van der Waals surface area contributed by atoms with Crippen LogP contribution < -0.4 is 14.8 Å². The number of para-hydroxylation sites is 1. The van der Waals surface area contributed by atoms with E-state index in [1.54, 1.807) is 14.2 Å². The van der Waals surface area contributed by atoms with Gasteiger partial charge in [0.25, 0.3) is 0 Å². The molecular formula is C31H35N5O3. The fourth-order valence-corrected chi connectivity index (χ4v) is 4.89. The Hall–Kier alpha value is -4.51. The number of nitrogens with zero attached hydrogens (tertiary/aromatic N) is 4. The summed E-state index contributed by atoms with van der Waals surface area (Å²) >= 11 is 0. The third kappa shape index (κ3) is 6.88. The van der Waals surface area contributed by atoms with E-state index in [0.29, 0.717) is 43.5 Å². The number of rotatable bonds is 8. The molecule has 1 fully saturated rings. The Kier molecular flexibility index (Phi) is 9.41. The summed E-state index contributed by atoms with van der Waals surface area (Å²) in [5.41, 5.74) is 3.99. The van der Waals surface area contributed by atoms with Gasteiger partial charge >= 0.3 is 0 Å². The highest BCUT2D eigenvalue weighted by atomic mass is 16.5. The summed E-state index contributed by atoms with van der Waals surface area (Å²) < 4.78 is 10.7. The second kappa shape index (κ2) is 13.3. The highest BCUT2D eigenvalue weighted by Gasteiger charge is 2.32. The predicted octanol–water partition coefficient (Wildman–Crippen LogP) is 4.98. The summed E-state index contributed by atoms with van der Waals surface area (Å²) in [7, 11) is 3.24. The van der Waals surface area contributed by atoms with E-state index in [2.05, 4.69) is 10.2 Å². The Morgan fingerprint density at radius 3 is 2.49 bits per heavy atom. The lowest BCUT2D eigenvalue weighted by molar-refractivity contribution is -0.135. The van der Waals surface area contributed by atoms with Crippen molar-refractivity contribution in [2.45, 2.75) is 32.2 Å². The minimum absolute atomic E-state index is 0.120. The lowest BCUT2D eigenvalue weighted by atomic mass is 10.0. The van der Waals surface area contributed by atoms with Crippen LogP contribution >= 0.6 is 0 Å². The third-order valence-corrected chi connectivity index (χ3v) is 7.00. The van der Waals surface area contributed by atoms with Crippen molar-refractivity contribution in [1.82, 2.24) is 15.1 Å². The highest BCUT2D eigenvalue weighted by Crippen LogP contribution is 2.30. The van der Waals surface area contributed by atoms with Gasteiger partial charge in [-0.1, -0.05) is 54.6 Å². The Balaban J connectivity index is 1.49. The maximum atomic E-state index is 13.5. The molecule has 1 atom stereocenters. The Labute approximate surface area is 230 Å². The number of nitriles is 1. The number of aliphatic imine (C=N–C) groups is 1. The number of hydrogen-bond donors (Lipinski definition) is 1. The second-order valence-electron chi connectivity index (χ2n) is 9.46. The van der Waals surface area contributed by atoms with Gasteiger partial charge in [-0.2, -0.15) is 5.26 Å². The number of carbonyl (C=O) groups excluding carboxylic acids is 1. The van der Waals surface area contributed by atoms with Gasteiger partial charge in [0, 0.05) is 26.1 Å². The first-order chi connectivity index (χ1) is 19.0. The minimum Gasteiger partial charge on any atom is -0.493 e. The molecule has 1 N–H and O–H groups in total.